The lowest BCUT2D eigenvalue weighted by Gasteiger charge is -1.94. The minimum absolute atomic E-state index is 0.407. The highest BCUT2D eigenvalue weighted by Gasteiger charge is 2.00. The molecule has 0 aliphatic carbocycles. The quantitative estimate of drug-likeness (QED) is 0.422. The van der Waals surface area contributed by atoms with Crippen LogP contribution in [0.2, 0.25) is 0 Å². The molecule has 0 bridgehead atoms. The smallest absolute Gasteiger partial charge is 0.196 e. The minimum atomic E-state index is 0.407. The van der Waals surface area contributed by atoms with E-state index in [1.807, 2.05) is 73.6 Å². The summed E-state index contributed by atoms with van der Waals surface area (Å²) in [7, 11) is 0. The van der Waals surface area contributed by atoms with Crippen LogP contribution in [0.4, 0.5) is 0 Å². The summed E-state index contributed by atoms with van der Waals surface area (Å²) in [6.07, 6.45) is 8.44. The summed E-state index contributed by atoms with van der Waals surface area (Å²) in [6, 6.07) is 5.89. The highest BCUT2D eigenvalue weighted by Crippen LogP contribution is 2.13. The van der Waals surface area contributed by atoms with E-state index in [2.05, 4.69) is 32.7 Å². The van der Waals surface area contributed by atoms with E-state index < -0.39 is 0 Å². The Labute approximate surface area is 186 Å². The lowest BCUT2D eigenvalue weighted by molar-refractivity contribution is 0.471. The molecule has 0 aliphatic heterocycles. The van der Waals surface area contributed by atoms with Gasteiger partial charge in [-0.15, -0.1) is 0 Å². The summed E-state index contributed by atoms with van der Waals surface area (Å²) >= 11 is 0. The third-order valence-electron chi connectivity index (χ3n) is 3.27. The molecule has 0 amide bonds. The molecule has 4 heteroatoms. The van der Waals surface area contributed by atoms with E-state index in [1.165, 1.54) is 5.56 Å². The Kier molecular flexibility index (Phi) is 24.9. The first-order valence-corrected chi connectivity index (χ1v) is 11.4. The molecule has 174 valence electrons. The van der Waals surface area contributed by atoms with Gasteiger partial charge in [-0.25, -0.2) is 4.98 Å². The fourth-order valence-electron chi connectivity index (χ4n) is 1.74. The Morgan fingerprint density at radius 1 is 0.667 bits per heavy atom. The van der Waals surface area contributed by atoms with Crippen LogP contribution < -0.4 is 0 Å². The van der Waals surface area contributed by atoms with Gasteiger partial charge in [0.25, 0.3) is 0 Å². The van der Waals surface area contributed by atoms with Gasteiger partial charge in [0.2, 0.25) is 0 Å². The summed E-state index contributed by atoms with van der Waals surface area (Å²) in [5.41, 5.74) is 1.27. The molecular weight excluding hydrogens is 374 g/mol. The molecule has 0 saturated carbocycles. The van der Waals surface area contributed by atoms with Gasteiger partial charge >= 0.3 is 0 Å². The van der Waals surface area contributed by atoms with Gasteiger partial charge in [-0.3, -0.25) is 0 Å². The Hall–Kier alpha value is -2.23. The summed E-state index contributed by atoms with van der Waals surface area (Å²) in [5.74, 6) is 3.39. The van der Waals surface area contributed by atoms with Crippen LogP contribution in [0.1, 0.15) is 118 Å². The maximum absolute atomic E-state index is 5.09. The number of nitrogens with zero attached hydrogens (tertiary/aromatic N) is 1. The number of aromatic nitrogens is 1. The Balaban J connectivity index is -0.000000323. The maximum Gasteiger partial charge on any atom is 0.196 e. The van der Waals surface area contributed by atoms with E-state index >= 15 is 0 Å². The second-order valence-corrected chi connectivity index (χ2v) is 6.41. The van der Waals surface area contributed by atoms with E-state index in [1.54, 1.807) is 31.2 Å². The number of rotatable bonds is 3. The van der Waals surface area contributed by atoms with Gasteiger partial charge in [0, 0.05) is 11.8 Å². The number of oxazole rings is 1. The van der Waals surface area contributed by atoms with Crippen LogP contribution in [0, 0.1) is 0 Å². The fourth-order valence-corrected chi connectivity index (χ4v) is 1.74. The molecule has 0 N–H and O–H groups in total. The number of hydrogen-bond donors (Lipinski definition) is 0. The van der Waals surface area contributed by atoms with Gasteiger partial charge in [0.05, 0.1) is 25.0 Å². The molecule has 0 radical (unpaired) electrons. The summed E-state index contributed by atoms with van der Waals surface area (Å²) in [4.78, 5) is 3.95. The molecule has 0 aromatic carbocycles. The fraction of sp³-hybridized carbons (Fsp3) is 0.577. The lowest BCUT2D eigenvalue weighted by Crippen LogP contribution is -1.83. The van der Waals surface area contributed by atoms with Crippen LogP contribution in [-0.4, -0.2) is 4.98 Å². The van der Waals surface area contributed by atoms with E-state index in [9.17, 15) is 0 Å². The van der Waals surface area contributed by atoms with Crippen LogP contribution in [0.15, 0.2) is 62.7 Å². The third-order valence-corrected chi connectivity index (χ3v) is 3.27. The van der Waals surface area contributed by atoms with Crippen molar-refractivity contribution in [1.29, 1.82) is 0 Å². The van der Waals surface area contributed by atoms with Crippen molar-refractivity contribution < 1.29 is 13.3 Å². The predicted molar refractivity (Wildman–Crippen MR) is 130 cm³/mol. The predicted octanol–water partition coefficient (Wildman–Crippen LogP) is 9.68. The molecule has 4 nitrogen and oxygen atoms in total. The minimum Gasteiger partial charge on any atom is -0.472 e. The number of hydrogen-bond acceptors (Lipinski definition) is 4. The second kappa shape index (κ2) is 23.1. The molecule has 0 atom stereocenters. The topological polar surface area (TPSA) is 52.3 Å². The Morgan fingerprint density at radius 2 is 1.27 bits per heavy atom. The molecule has 30 heavy (non-hydrogen) atoms. The number of furan rings is 2. The van der Waals surface area contributed by atoms with Crippen LogP contribution in [0.3, 0.4) is 0 Å². The lowest BCUT2D eigenvalue weighted by atomic mass is 10.1. The van der Waals surface area contributed by atoms with Gasteiger partial charge in [-0.1, -0.05) is 83.1 Å². The molecule has 0 fully saturated rings. The van der Waals surface area contributed by atoms with Crippen LogP contribution in [0.25, 0.3) is 0 Å². The molecule has 0 spiro atoms. The van der Waals surface area contributed by atoms with E-state index in [0.717, 1.165) is 11.7 Å². The first kappa shape index (κ1) is 32.4. The van der Waals surface area contributed by atoms with Crippen molar-refractivity contribution >= 4 is 0 Å². The van der Waals surface area contributed by atoms with E-state index in [-0.39, 0.29) is 0 Å². The van der Waals surface area contributed by atoms with Gasteiger partial charge < -0.3 is 13.3 Å². The SMILES string of the molecule is CC.CC.CC.CC(C)c1ccco1.CC(C)c1ccoc1.CC(C)c1ncco1. The molecular formula is C26H47NO3. The van der Waals surface area contributed by atoms with Crippen molar-refractivity contribution in [3.05, 3.63) is 66.7 Å². The van der Waals surface area contributed by atoms with Crippen molar-refractivity contribution in [3.63, 3.8) is 0 Å². The monoisotopic (exact) mass is 421 g/mol. The zero-order valence-corrected chi connectivity index (χ0v) is 21.5. The Morgan fingerprint density at radius 3 is 1.47 bits per heavy atom. The highest BCUT2D eigenvalue weighted by atomic mass is 16.3. The normalized spacial score (nSPS) is 8.90. The zero-order chi connectivity index (χ0) is 23.9. The molecule has 3 rings (SSSR count). The van der Waals surface area contributed by atoms with Gasteiger partial charge in [0.15, 0.2) is 5.89 Å². The zero-order valence-electron chi connectivity index (χ0n) is 21.5. The molecule has 3 aromatic heterocycles. The largest absolute Gasteiger partial charge is 0.472 e. The average Bonchev–Trinajstić information content (AvgIpc) is 3.56. The van der Waals surface area contributed by atoms with Gasteiger partial charge in [0.1, 0.15) is 12.0 Å². The average molecular weight is 422 g/mol. The third kappa shape index (κ3) is 16.7. The summed E-state index contributed by atoms with van der Waals surface area (Å²) < 4.78 is 15.0. The summed E-state index contributed by atoms with van der Waals surface area (Å²) in [5, 5.41) is 0. The van der Waals surface area contributed by atoms with E-state index in [0.29, 0.717) is 17.8 Å². The first-order valence-electron chi connectivity index (χ1n) is 11.4. The van der Waals surface area contributed by atoms with Gasteiger partial charge in [-0.05, 0) is 29.7 Å². The van der Waals surface area contributed by atoms with Gasteiger partial charge in [-0.2, -0.15) is 0 Å². The van der Waals surface area contributed by atoms with Crippen LogP contribution >= 0.6 is 0 Å². The van der Waals surface area contributed by atoms with Crippen molar-refractivity contribution in [1.82, 2.24) is 4.98 Å². The molecule has 0 unspecified atom stereocenters. The molecule has 0 saturated heterocycles. The second-order valence-electron chi connectivity index (χ2n) is 6.41. The Bertz CT molecular complexity index is 516. The maximum atomic E-state index is 5.09. The van der Waals surface area contributed by atoms with Crippen LogP contribution in [0.5, 0.6) is 0 Å². The molecule has 3 heterocycles. The van der Waals surface area contributed by atoms with E-state index in [4.69, 9.17) is 13.3 Å². The standard InChI is InChI=1S/2C7H10O.C6H9NO.3C2H6/c1-6(2)7-3-4-8-5-7;1-6(2)7-4-3-5-8-7;1-5(2)6-7-3-4-8-6;3*1-2/h2*3-6H,1-2H3;3-5H,1-2H3;3*1-2H3. The van der Waals surface area contributed by atoms with Crippen molar-refractivity contribution in [3.8, 4) is 0 Å². The van der Waals surface area contributed by atoms with Crippen molar-refractivity contribution in [2.75, 3.05) is 0 Å². The van der Waals surface area contributed by atoms with Crippen molar-refractivity contribution in [2.45, 2.75) is 101 Å². The molecule has 0 aliphatic rings. The summed E-state index contributed by atoms with van der Waals surface area (Å²) in [6.45, 7) is 24.6. The van der Waals surface area contributed by atoms with Crippen LogP contribution in [-0.2, 0) is 0 Å². The highest BCUT2D eigenvalue weighted by molar-refractivity contribution is 5.09. The first-order chi connectivity index (χ1) is 14.4. The molecule has 3 aromatic rings. The van der Waals surface area contributed by atoms with Crippen molar-refractivity contribution in [2.24, 2.45) is 0 Å².